The van der Waals surface area contributed by atoms with Gasteiger partial charge in [0.1, 0.15) is 11.2 Å². The zero-order valence-corrected chi connectivity index (χ0v) is 25.3. The van der Waals surface area contributed by atoms with Crippen LogP contribution in [0.2, 0.25) is 0 Å². The Morgan fingerprint density at radius 2 is 1.73 bits per heavy atom. The molecular weight excluding hydrogens is 528 g/mol. The number of aromatic carboxylic acids is 1. The molecule has 1 aliphatic rings. The second-order valence-corrected chi connectivity index (χ2v) is 12.1. The highest BCUT2D eigenvalue weighted by Crippen LogP contribution is 2.46. The maximum absolute atomic E-state index is 12.7. The van der Waals surface area contributed by atoms with Gasteiger partial charge in [0.2, 0.25) is 0 Å². The molecule has 226 valence electrons. The topological polar surface area (TPSA) is 125 Å². The van der Waals surface area contributed by atoms with Gasteiger partial charge in [0, 0.05) is 42.9 Å². The molecule has 10 nitrogen and oxygen atoms in total. The number of pyridine rings is 1. The number of nitrogens with zero attached hydrogens (tertiary/aromatic N) is 1. The largest absolute Gasteiger partial charge is 0.493 e. The van der Waals surface area contributed by atoms with Crippen LogP contribution in [0.3, 0.4) is 0 Å². The molecule has 0 radical (unpaired) electrons. The van der Waals surface area contributed by atoms with Crippen molar-refractivity contribution in [2.75, 3.05) is 34.0 Å². The number of carbonyl (C=O) groups excluding carboxylic acids is 1. The number of fused-ring (bicyclic) bond motifs is 3. The summed E-state index contributed by atoms with van der Waals surface area (Å²) < 4.78 is 24.4. The number of rotatable bonds is 13. The van der Waals surface area contributed by atoms with Gasteiger partial charge < -0.3 is 33.9 Å². The molecule has 0 fully saturated rings. The minimum atomic E-state index is -1.25. The molecule has 1 aromatic heterocycles. The smallest absolute Gasteiger partial charge is 0.407 e. The Hall–Kier alpha value is -3.53. The lowest BCUT2D eigenvalue weighted by Gasteiger charge is -2.40. The fourth-order valence-electron chi connectivity index (χ4n) is 5.16. The monoisotopic (exact) mass is 572 g/mol. The number of nitrogens with one attached hydrogen (secondary N) is 1. The van der Waals surface area contributed by atoms with E-state index >= 15 is 0 Å². The fraction of sp³-hybridized carbons (Fsp3) is 0.581. The third kappa shape index (κ3) is 8.25. The van der Waals surface area contributed by atoms with Crippen molar-refractivity contribution in [3.05, 3.63) is 45.7 Å². The van der Waals surface area contributed by atoms with Gasteiger partial charge in [0.15, 0.2) is 16.9 Å². The van der Waals surface area contributed by atoms with Gasteiger partial charge in [-0.1, -0.05) is 26.7 Å². The summed E-state index contributed by atoms with van der Waals surface area (Å²) in [4.78, 5) is 36.2. The standard InChI is InChI=1S/C31H44N2O8/c1-30(2,3)41-29(37)32-12-10-8-9-11-13-40-26-14-20-15-27(31(4,5)19-38-6)33-18-22(28(35)36)24(34)17-23(33)21(20)16-25(26)39-7/h14,16-18,27H,8-13,15,19H2,1-7H3,(H,32,37)(H,35,36). The molecule has 0 spiro atoms. The summed E-state index contributed by atoms with van der Waals surface area (Å²) in [7, 11) is 3.21. The van der Waals surface area contributed by atoms with E-state index in [2.05, 4.69) is 19.2 Å². The number of amides is 1. The average molecular weight is 573 g/mol. The molecule has 41 heavy (non-hydrogen) atoms. The van der Waals surface area contributed by atoms with E-state index in [1.165, 1.54) is 12.3 Å². The van der Waals surface area contributed by atoms with E-state index in [0.717, 1.165) is 36.8 Å². The predicted molar refractivity (Wildman–Crippen MR) is 156 cm³/mol. The van der Waals surface area contributed by atoms with Gasteiger partial charge >= 0.3 is 12.1 Å². The molecule has 3 rings (SSSR count). The van der Waals surface area contributed by atoms with E-state index in [1.54, 1.807) is 14.2 Å². The summed E-state index contributed by atoms with van der Waals surface area (Å²) in [6.45, 7) is 11.2. The molecular formula is C31H44N2O8. The maximum Gasteiger partial charge on any atom is 0.407 e. The number of carboxylic acid groups (broad SMARTS) is 1. The quantitative estimate of drug-likeness (QED) is 0.303. The van der Waals surface area contributed by atoms with Gasteiger partial charge in [-0.3, -0.25) is 4.79 Å². The zero-order chi connectivity index (χ0) is 30.4. The molecule has 0 aliphatic carbocycles. The van der Waals surface area contributed by atoms with Crippen LogP contribution in [0, 0.1) is 5.41 Å². The molecule has 2 heterocycles. The molecule has 10 heteroatoms. The van der Waals surface area contributed by atoms with Gasteiger partial charge in [-0.15, -0.1) is 0 Å². The highest BCUT2D eigenvalue weighted by molar-refractivity contribution is 5.88. The van der Waals surface area contributed by atoms with Crippen LogP contribution in [0.5, 0.6) is 11.5 Å². The number of carboxylic acids is 1. The van der Waals surface area contributed by atoms with Crippen molar-refractivity contribution in [2.45, 2.75) is 78.4 Å². The van der Waals surface area contributed by atoms with Crippen LogP contribution in [0.1, 0.15) is 82.3 Å². The highest BCUT2D eigenvalue weighted by Gasteiger charge is 2.37. The van der Waals surface area contributed by atoms with Gasteiger partial charge in [-0.2, -0.15) is 0 Å². The van der Waals surface area contributed by atoms with Crippen LogP contribution in [0.15, 0.2) is 29.2 Å². The second kappa shape index (κ2) is 13.4. The fourth-order valence-corrected chi connectivity index (χ4v) is 5.16. The Kier molecular flexibility index (Phi) is 10.5. The molecule has 1 atom stereocenters. The molecule has 0 saturated heterocycles. The van der Waals surface area contributed by atoms with Crippen LogP contribution in [0.25, 0.3) is 11.3 Å². The van der Waals surface area contributed by atoms with E-state index in [9.17, 15) is 19.5 Å². The number of ether oxygens (including phenoxy) is 4. The Morgan fingerprint density at radius 3 is 2.37 bits per heavy atom. The van der Waals surface area contributed by atoms with Gasteiger partial charge in [0.25, 0.3) is 0 Å². The normalized spacial score (nSPS) is 14.6. The average Bonchev–Trinajstić information content (AvgIpc) is 2.87. The van der Waals surface area contributed by atoms with Crippen LogP contribution >= 0.6 is 0 Å². The Balaban J connectivity index is 1.72. The summed E-state index contributed by atoms with van der Waals surface area (Å²) in [5.41, 5.74) is 0.774. The summed E-state index contributed by atoms with van der Waals surface area (Å²) in [6.07, 6.45) is 5.23. The number of hydrogen-bond acceptors (Lipinski definition) is 7. The molecule has 1 aliphatic heterocycles. The summed E-state index contributed by atoms with van der Waals surface area (Å²) in [5.74, 6) is -0.0830. The lowest BCUT2D eigenvalue weighted by Crippen LogP contribution is -2.37. The molecule has 2 aromatic rings. The Labute approximate surface area is 241 Å². The number of carbonyl (C=O) groups is 2. The zero-order valence-electron chi connectivity index (χ0n) is 25.3. The van der Waals surface area contributed by atoms with Crippen LogP contribution in [-0.2, 0) is 15.9 Å². The Morgan fingerprint density at radius 1 is 1.02 bits per heavy atom. The number of unbranched alkanes of at least 4 members (excludes halogenated alkanes) is 3. The first-order valence-corrected chi connectivity index (χ1v) is 14.1. The van der Waals surface area contributed by atoms with Crippen molar-refractivity contribution in [1.29, 1.82) is 0 Å². The summed E-state index contributed by atoms with van der Waals surface area (Å²) >= 11 is 0. The van der Waals surface area contributed by atoms with Gasteiger partial charge in [-0.25, -0.2) is 9.59 Å². The first kappa shape index (κ1) is 32.0. The number of hydrogen-bond donors (Lipinski definition) is 2. The molecule has 1 unspecified atom stereocenters. The van der Waals surface area contributed by atoms with Crippen LogP contribution < -0.4 is 20.2 Å². The van der Waals surface area contributed by atoms with E-state index in [1.807, 2.05) is 37.5 Å². The molecule has 2 N–H and O–H groups in total. The third-order valence-corrected chi connectivity index (χ3v) is 7.14. The number of methoxy groups -OCH3 is 2. The summed E-state index contributed by atoms with van der Waals surface area (Å²) in [6, 6.07) is 5.07. The van der Waals surface area contributed by atoms with Crippen molar-refractivity contribution >= 4 is 12.1 Å². The Bertz CT molecular complexity index is 1290. The molecule has 1 aromatic carbocycles. The van der Waals surface area contributed by atoms with Gasteiger partial charge in [0.05, 0.1) is 26.0 Å². The minimum absolute atomic E-state index is 0.154. The van der Waals surface area contributed by atoms with Crippen molar-refractivity contribution in [3.8, 4) is 22.8 Å². The lowest BCUT2D eigenvalue weighted by atomic mass is 9.77. The van der Waals surface area contributed by atoms with Gasteiger partial charge in [-0.05, 0) is 57.7 Å². The van der Waals surface area contributed by atoms with E-state index in [-0.39, 0.29) is 17.0 Å². The van der Waals surface area contributed by atoms with Crippen LogP contribution in [-0.4, -0.2) is 61.3 Å². The first-order valence-electron chi connectivity index (χ1n) is 14.1. The highest BCUT2D eigenvalue weighted by atomic mass is 16.6. The predicted octanol–water partition coefficient (Wildman–Crippen LogP) is 5.46. The molecule has 0 bridgehead atoms. The third-order valence-electron chi connectivity index (χ3n) is 7.14. The van der Waals surface area contributed by atoms with Crippen molar-refractivity contribution < 1.29 is 33.6 Å². The van der Waals surface area contributed by atoms with Crippen LogP contribution in [0.4, 0.5) is 4.79 Å². The van der Waals surface area contributed by atoms with Crippen molar-refractivity contribution in [3.63, 3.8) is 0 Å². The second-order valence-electron chi connectivity index (χ2n) is 12.1. The number of benzene rings is 1. The summed E-state index contributed by atoms with van der Waals surface area (Å²) in [5, 5.41) is 12.4. The first-order chi connectivity index (χ1) is 19.3. The van der Waals surface area contributed by atoms with E-state index < -0.39 is 23.1 Å². The van der Waals surface area contributed by atoms with Crippen molar-refractivity contribution in [2.24, 2.45) is 5.41 Å². The van der Waals surface area contributed by atoms with E-state index in [4.69, 9.17) is 18.9 Å². The SMILES string of the molecule is COCC(C)(C)C1Cc2cc(OCCCCCCNC(=O)OC(C)(C)C)c(OC)cc2-c2cc(=O)c(C(=O)O)cn21. The molecule has 1 amide bonds. The number of alkyl carbamates (subject to hydrolysis) is 1. The maximum atomic E-state index is 12.7. The van der Waals surface area contributed by atoms with Crippen molar-refractivity contribution in [1.82, 2.24) is 9.88 Å². The lowest BCUT2D eigenvalue weighted by molar-refractivity contribution is 0.0526. The minimum Gasteiger partial charge on any atom is -0.493 e. The van der Waals surface area contributed by atoms with E-state index in [0.29, 0.717) is 43.4 Å². The number of aromatic nitrogens is 1. The molecule has 0 saturated carbocycles.